The molecule has 37 heavy (non-hydrogen) atoms. The third kappa shape index (κ3) is 5.59. The van der Waals surface area contributed by atoms with Gasteiger partial charge in [0.2, 0.25) is 0 Å². The maximum absolute atomic E-state index is 13.4. The second-order valence-electron chi connectivity index (χ2n) is 8.11. The molecule has 0 spiro atoms. The van der Waals surface area contributed by atoms with E-state index in [0.717, 1.165) is 22.3 Å². The van der Waals surface area contributed by atoms with Crippen LogP contribution in [0, 0.1) is 5.82 Å². The summed E-state index contributed by atoms with van der Waals surface area (Å²) in [6.45, 7) is 0.522. The Labute approximate surface area is 220 Å². The summed E-state index contributed by atoms with van der Waals surface area (Å²) in [5, 5.41) is 7.25. The molecule has 2 aromatic heterocycles. The molecule has 0 saturated heterocycles. The second kappa shape index (κ2) is 11.0. The third-order valence-electron chi connectivity index (χ3n) is 5.60. The highest BCUT2D eigenvalue weighted by Gasteiger charge is 2.21. The average Bonchev–Trinajstić information content (AvgIpc) is 3.26. The number of fused-ring (bicyclic) bond motifs is 1. The number of hydrogen-bond acceptors (Lipinski definition) is 6. The maximum Gasteiger partial charge on any atom is 0.269 e. The molecule has 0 aliphatic rings. The predicted octanol–water partition coefficient (Wildman–Crippen LogP) is 6.09. The van der Waals surface area contributed by atoms with Crippen LogP contribution in [0.25, 0.3) is 10.9 Å². The van der Waals surface area contributed by atoms with Crippen molar-refractivity contribution in [1.82, 2.24) is 14.3 Å². The van der Waals surface area contributed by atoms with E-state index in [1.165, 1.54) is 34.6 Å². The van der Waals surface area contributed by atoms with Crippen molar-refractivity contribution in [1.29, 1.82) is 0 Å². The quantitative estimate of drug-likeness (QED) is 0.249. The van der Waals surface area contributed by atoms with Crippen LogP contribution in [0.4, 0.5) is 15.8 Å². The highest BCUT2D eigenvalue weighted by molar-refractivity contribution is 7.90. The van der Waals surface area contributed by atoms with Gasteiger partial charge in [-0.25, -0.2) is 16.8 Å². The molecule has 2 N–H and O–H groups in total. The van der Waals surface area contributed by atoms with E-state index in [4.69, 9.17) is 4.74 Å². The molecule has 190 valence electrons. The molecule has 5 aromatic rings. The molecule has 0 amide bonds. The number of pyridine rings is 1. The second-order valence-corrected chi connectivity index (χ2v) is 9.93. The van der Waals surface area contributed by atoms with Crippen molar-refractivity contribution in [3.8, 4) is 11.5 Å². The molecule has 0 saturated carbocycles. The van der Waals surface area contributed by atoms with Gasteiger partial charge in [0.05, 0.1) is 5.52 Å². The van der Waals surface area contributed by atoms with Gasteiger partial charge in [0.15, 0.2) is 0 Å². The van der Waals surface area contributed by atoms with E-state index in [1.807, 2.05) is 37.4 Å². The van der Waals surface area contributed by atoms with Gasteiger partial charge in [-0.15, -0.1) is 12.4 Å². The molecule has 3 aromatic carbocycles. The van der Waals surface area contributed by atoms with Gasteiger partial charge in [0, 0.05) is 41.9 Å². The van der Waals surface area contributed by atoms with E-state index < -0.39 is 10.0 Å². The summed E-state index contributed by atoms with van der Waals surface area (Å²) in [5.74, 6) is 0.822. The number of nitrogens with zero attached hydrogens (tertiary/aromatic N) is 2. The molecule has 10 heteroatoms. The molecule has 0 atom stereocenters. The largest absolute Gasteiger partial charge is 0.457 e. The standard InChI is InChI=1S/C27H23FN4O3S.ClH/c1-29-16-19-18-32(36(33,34)25-3-2-14-30-17-25)27-15-22(8-13-26(19)27)31-21-6-11-24(12-7-21)35-23-9-4-20(28)5-10-23;/h2-15,17-18,29,31H,16H2,1H3;1H. The Morgan fingerprint density at radius 1 is 0.946 bits per heavy atom. The summed E-state index contributed by atoms with van der Waals surface area (Å²) < 4.78 is 46.9. The van der Waals surface area contributed by atoms with Crippen molar-refractivity contribution in [3.05, 3.63) is 109 Å². The van der Waals surface area contributed by atoms with Crippen molar-refractivity contribution in [2.75, 3.05) is 12.4 Å². The summed E-state index contributed by atoms with van der Waals surface area (Å²) in [5.41, 5.74) is 2.95. The summed E-state index contributed by atoms with van der Waals surface area (Å²) in [6, 6.07) is 21.9. The number of nitrogens with one attached hydrogen (secondary N) is 2. The van der Waals surface area contributed by atoms with Crippen LogP contribution in [0.5, 0.6) is 11.5 Å². The topological polar surface area (TPSA) is 85.2 Å². The Morgan fingerprint density at radius 3 is 2.27 bits per heavy atom. The summed E-state index contributed by atoms with van der Waals surface area (Å²) in [7, 11) is -2.01. The van der Waals surface area contributed by atoms with E-state index in [1.54, 1.807) is 36.5 Å². The molecule has 7 nitrogen and oxygen atoms in total. The number of halogens is 2. The Kier molecular flexibility index (Phi) is 7.77. The van der Waals surface area contributed by atoms with Gasteiger partial charge in [0.1, 0.15) is 22.2 Å². The first-order valence-corrected chi connectivity index (χ1v) is 12.6. The third-order valence-corrected chi connectivity index (χ3v) is 7.26. The Balaban J connectivity index is 0.00000320. The summed E-state index contributed by atoms with van der Waals surface area (Å²) in [4.78, 5) is 4.08. The fraction of sp³-hybridized carbons (Fsp3) is 0.0741. The van der Waals surface area contributed by atoms with E-state index in [0.29, 0.717) is 23.6 Å². The van der Waals surface area contributed by atoms with Crippen LogP contribution in [0.3, 0.4) is 0 Å². The molecule has 5 rings (SSSR count). The number of ether oxygens (including phenoxy) is 1. The fourth-order valence-corrected chi connectivity index (χ4v) is 5.25. The van der Waals surface area contributed by atoms with Gasteiger partial charge >= 0.3 is 0 Å². The molecule has 2 heterocycles. The van der Waals surface area contributed by atoms with Gasteiger partial charge in [-0.2, -0.15) is 0 Å². The van der Waals surface area contributed by atoms with Crippen molar-refractivity contribution < 1.29 is 17.5 Å². The Hall–Kier alpha value is -3.92. The highest BCUT2D eigenvalue weighted by Crippen LogP contribution is 2.30. The first kappa shape index (κ1) is 26.2. The summed E-state index contributed by atoms with van der Waals surface area (Å²) >= 11 is 0. The van der Waals surface area contributed by atoms with Crippen LogP contribution in [0.2, 0.25) is 0 Å². The summed E-state index contributed by atoms with van der Waals surface area (Å²) in [6.07, 6.45) is 4.53. The van der Waals surface area contributed by atoms with Crippen molar-refractivity contribution in [3.63, 3.8) is 0 Å². The molecular weight excluding hydrogens is 515 g/mol. The van der Waals surface area contributed by atoms with Crippen LogP contribution in [0.1, 0.15) is 5.56 Å². The number of rotatable bonds is 8. The van der Waals surface area contributed by atoms with Gasteiger partial charge in [-0.3, -0.25) is 4.98 Å². The minimum Gasteiger partial charge on any atom is -0.457 e. The Bertz CT molecular complexity index is 1610. The van der Waals surface area contributed by atoms with Crippen molar-refractivity contribution >= 4 is 44.7 Å². The van der Waals surface area contributed by atoms with Gasteiger partial charge in [-0.1, -0.05) is 6.07 Å². The zero-order valence-electron chi connectivity index (χ0n) is 19.8. The number of hydrogen-bond donors (Lipinski definition) is 2. The molecule has 0 fully saturated rings. The lowest BCUT2D eigenvalue weighted by molar-refractivity contribution is 0.480. The smallest absolute Gasteiger partial charge is 0.269 e. The first-order chi connectivity index (χ1) is 17.4. The zero-order valence-corrected chi connectivity index (χ0v) is 21.4. The van der Waals surface area contributed by atoms with Gasteiger partial charge < -0.3 is 15.4 Å². The molecule has 0 unspecified atom stereocenters. The van der Waals surface area contributed by atoms with Crippen LogP contribution in [-0.4, -0.2) is 24.4 Å². The van der Waals surface area contributed by atoms with E-state index in [2.05, 4.69) is 15.6 Å². The molecule has 0 bridgehead atoms. The fourth-order valence-electron chi connectivity index (χ4n) is 3.90. The Morgan fingerprint density at radius 2 is 1.62 bits per heavy atom. The molecule has 0 aliphatic heterocycles. The minimum atomic E-state index is -3.83. The maximum atomic E-state index is 13.4. The lowest BCUT2D eigenvalue weighted by Gasteiger charge is -2.11. The van der Waals surface area contributed by atoms with E-state index >= 15 is 0 Å². The van der Waals surface area contributed by atoms with Crippen LogP contribution in [-0.2, 0) is 16.6 Å². The first-order valence-electron chi connectivity index (χ1n) is 11.2. The van der Waals surface area contributed by atoms with Crippen LogP contribution >= 0.6 is 12.4 Å². The van der Waals surface area contributed by atoms with Gasteiger partial charge in [-0.05, 0) is 85.4 Å². The van der Waals surface area contributed by atoms with Crippen molar-refractivity contribution in [2.24, 2.45) is 0 Å². The monoisotopic (exact) mass is 538 g/mol. The van der Waals surface area contributed by atoms with Crippen molar-refractivity contribution in [2.45, 2.75) is 11.4 Å². The average molecular weight is 539 g/mol. The molecular formula is C27H24ClFN4O3S. The predicted molar refractivity (Wildman–Crippen MR) is 145 cm³/mol. The zero-order chi connectivity index (χ0) is 25.1. The number of aromatic nitrogens is 2. The van der Waals surface area contributed by atoms with Gasteiger partial charge in [0.25, 0.3) is 10.0 Å². The van der Waals surface area contributed by atoms with E-state index in [-0.39, 0.29) is 23.1 Å². The minimum absolute atomic E-state index is 0. The number of benzene rings is 3. The normalized spacial score (nSPS) is 11.2. The lowest BCUT2D eigenvalue weighted by atomic mass is 10.1. The highest BCUT2D eigenvalue weighted by atomic mass is 35.5. The molecule has 0 radical (unpaired) electrons. The SMILES string of the molecule is CNCc1cn(S(=O)(=O)c2cccnc2)c2cc(Nc3ccc(Oc4ccc(F)cc4)cc3)ccc12.Cl. The van der Waals surface area contributed by atoms with E-state index in [9.17, 15) is 12.8 Å². The number of anilines is 2. The molecule has 0 aliphatic carbocycles. The van der Waals surface area contributed by atoms with Crippen LogP contribution in [0.15, 0.2) is 102 Å². The van der Waals surface area contributed by atoms with Crippen LogP contribution < -0.4 is 15.4 Å². The lowest BCUT2D eigenvalue weighted by Crippen LogP contribution is -2.12.